The average Bonchev–Trinajstić information content (AvgIpc) is 3.23. The number of phenols is 2. The first-order valence-corrected chi connectivity index (χ1v) is 7.89. The molecule has 0 aliphatic carbocycles. The Labute approximate surface area is 152 Å². The summed E-state index contributed by atoms with van der Waals surface area (Å²) < 4.78 is 5.85. The molecule has 140 valence electrons. The number of anilines is 1. The van der Waals surface area contributed by atoms with E-state index in [1.54, 1.807) is 0 Å². The van der Waals surface area contributed by atoms with E-state index in [0.717, 1.165) is 6.07 Å². The van der Waals surface area contributed by atoms with Gasteiger partial charge in [0, 0.05) is 11.6 Å². The highest BCUT2D eigenvalue weighted by molar-refractivity contribution is 5.94. The lowest BCUT2D eigenvalue weighted by atomic mass is 10.2. The fourth-order valence-corrected chi connectivity index (χ4v) is 2.30. The highest BCUT2D eigenvalue weighted by Crippen LogP contribution is 2.21. The quantitative estimate of drug-likeness (QED) is 0.351. The smallest absolute Gasteiger partial charge is 0.293 e. The van der Waals surface area contributed by atoms with E-state index in [9.17, 15) is 15.0 Å². The zero-order chi connectivity index (χ0) is 19.4. The molecule has 3 rings (SSSR count). The van der Waals surface area contributed by atoms with Gasteiger partial charge in [-0.05, 0) is 28.9 Å². The van der Waals surface area contributed by atoms with E-state index in [4.69, 9.17) is 5.73 Å². The number of aromatic nitrogens is 5. The number of carbonyl (C=O) groups is 1. The molecule has 2 heterocycles. The van der Waals surface area contributed by atoms with Gasteiger partial charge in [-0.15, -0.1) is 5.10 Å². The minimum absolute atomic E-state index is 0.0186. The molecule has 27 heavy (non-hydrogen) atoms. The van der Waals surface area contributed by atoms with Gasteiger partial charge in [0.2, 0.25) is 11.6 Å². The maximum atomic E-state index is 12.4. The van der Waals surface area contributed by atoms with Crippen molar-refractivity contribution in [2.24, 2.45) is 5.10 Å². The van der Waals surface area contributed by atoms with Gasteiger partial charge in [-0.3, -0.25) is 4.79 Å². The Morgan fingerprint density at radius 1 is 1.41 bits per heavy atom. The van der Waals surface area contributed by atoms with Crippen LogP contribution in [0.4, 0.5) is 5.82 Å². The van der Waals surface area contributed by atoms with Gasteiger partial charge in [0.25, 0.3) is 5.91 Å². The lowest BCUT2D eigenvalue weighted by Gasteiger charge is -2.03. The van der Waals surface area contributed by atoms with Crippen molar-refractivity contribution in [1.82, 2.24) is 30.7 Å². The monoisotopic (exact) mass is 372 g/mol. The van der Waals surface area contributed by atoms with Crippen LogP contribution in [0.3, 0.4) is 0 Å². The number of aromatic hydroxyl groups is 2. The third-order valence-electron chi connectivity index (χ3n) is 3.54. The SMILES string of the molecule is CCCc1c(C(=O)NN=Cc2ccc(O)cc2O)nnn1-c1nonc1N. The Morgan fingerprint density at radius 3 is 2.89 bits per heavy atom. The van der Waals surface area contributed by atoms with Crippen molar-refractivity contribution in [2.75, 3.05) is 5.73 Å². The summed E-state index contributed by atoms with van der Waals surface area (Å²) in [6, 6.07) is 3.98. The summed E-state index contributed by atoms with van der Waals surface area (Å²) in [5, 5.41) is 37.7. The fraction of sp³-hybridized carbons (Fsp3) is 0.200. The third-order valence-corrected chi connectivity index (χ3v) is 3.54. The molecule has 3 aromatic rings. The van der Waals surface area contributed by atoms with Crippen molar-refractivity contribution in [1.29, 1.82) is 0 Å². The van der Waals surface area contributed by atoms with Gasteiger partial charge in [-0.2, -0.15) is 9.78 Å². The molecular formula is C15H16N8O4. The fourth-order valence-electron chi connectivity index (χ4n) is 2.30. The van der Waals surface area contributed by atoms with Gasteiger partial charge in [0.05, 0.1) is 11.9 Å². The molecule has 0 spiro atoms. The second-order valence-electron chi connectivity index (χ2n) is 5.46. The average molecular weight is 372 g/mol. The summed E-state index contributed by atoms with van der Waals surface area (Å²) in [6.07, 6.45) is 2.42. The van der Waals surface area contributed by atoms with Crippen molar-refractivity contribution in [3.8, 4) is 17.3 Å². The maximum Gasteiger partial charge on any atom is 0.293 e. The largest absolute Gasteiger partial charge is 0.508 e. The Hall–Kier alpha value is -3.96. The number of rotatable bonds is 6. The number of carbonyl (C=O) groups excluding carboxylic acids is 1. The van der Waals surface area contributed by atoms with Gasteiger partial charge in [0.1, 0.15) is 11.5 Å². The van der Waals surface area contributed by atoms with Crippen LogP contribution in [0, 0.1) is 0 Å². The number of benzene rings is 1. The second-order valence-corrected chi connectivity index (χ2v) is 5.46. The Morgan fingerprint density at radius 2 is 2.22 bits per heavy atom. The molecule has 2 aromatic heterocycles. The lowest BCUT2D eigenvalue weighted by molar-refractivity contribution is 0.0949. The number of nitrogens with two attached hydrogens (primary N) is 1. The van der Waals surface area contributed by atoms with E-state index < -0.39 is 5.91 Å². The summed E-state index contributed by atoms with van der Waals surface area (Å²) in [6.45, 7) is 1.93. The summed E-state index contributed by atoms with van der Waals surface area (Å²) >= 11 is 0. The van der Waals surface area contributed by atoms with Gasteiger partial charge < -0.3 is 15.9 Å². The van der Waals surface area contributed by atoms with Gasteiger partial charge in [-0.1, -0.05) is 18.6 Å². The van der Waals surface area contributed by atoms with Crippen LogP contribution in [-0.4, -0.2) is 47.6 Å². The highest BCUT2D eigenvalue weighted by Gasteiger charge is 2.23. The summed E-state index contributed by atoms with van der Waals surface area (Å²) in [7, 11) is 0. The molecule has 0 bridgehead atoms. The van der Waals surface area contributed by atoms with E-state index in [0.29, 0.717) is 24.1 Å². The molecule has 5 N–H and O–H groups in total. The van der Waals surface area contributed by atoms with Gasteiger partial charge >= 0.3 is 0 Å². The van der Waals surface area contributed by atoms with E-state index in [2.05, 4.69) is 35.8 Å². The molecule has 0 unspecified atom stereocenters. The number of nitrogen functional groups attached to an aromatic ring is 1. The Balaban J connectivity index is 1.81. The number of hydrazone groups is 1. The molecule has 0 aliphatic rings. The number of amides is 1. The topological polar surface area (TPSA) is 178 Å². The lowest BCUT2D eigenvalue weighted by Crippen LogP contribution is -2.20. The summed E-state index contributed by atoms with van der Waals surface area (Å²) in [5.74, 6) is -0.711. The van der Waals surface area contributed by atoms with Crippen LogP contribution in [0.25, 0.3) is 5.82 Å². The van der Waals surface area contributed by atoms with Crippen LogP contribution in [0.1, 0.15) is 35.1 Å². The number of nitrogens with one attached hydrogen (secondary N) is 1. The standard InChI is InChI=1S/C15H16N8O4/c1-2-3-10-12(18-22-23(10)14-13(16)20-27-21-14)15(26)19-17-7-8-4-5-9(24)6-11(8)25/h4-7,24-25H,2-3H2,1H3,(H2,16,20)(H,19,26). The van der Waals surface area contributed by atoms with E-state index >= 15 is 0 Å². The number of nitrogens with zero attached hydrogens (tertiary/aromatic N) is 6. The van der Waals surface area contributed by atoms with Gasteiger partial charge in [-0.25, -0.2) is 10.1 Å². The molecule has 0 radical (unpaired) electrons. The van der Waals surface area contributed by atoms with E-state index in [1.165, 1.54) is 23.0 Å². The van der Waals surface area contributed by atoms with Crippen molar-refractivity contribution in [3.63, 3.8) is 0 Å². The summed E-state index contributed by atoms with van der Waals surface area (Å²) in [5.41, 5.74) is 8.81. The molecule has 1 amide bonds. The minimum Gasteiger partial charge on any atom is -0.508 e. The van der Waals surface area contributed by atoms with Crippen molar-refractivity contribution in [3.05, 3.63) is 35.2 Å². The predicted octanol–water partition coefficient (Wildman–Crippen LogP) is 0.360. The van der Waals surface area contributed by atoms with Crippen LogP contribution in [0.15, 0.2) is 27.9 Å². The molecule has 0 saturated heterocycles. The van der Waals surface area contributed by atoms with Crippen molar-refractivity contribution >= 4 is 17.9 Å². The van der Waals surface area contributed by atoms with E-state index in [1.807, 2.05) is 6.92 Å². The van der Waals surface area contributed by atoms with Crippen LogP contribution >= 0.6 is 0 Å². The molecule has 0 saturated carbocycles. The number of phenolic OH excluding ortho intramolecular Hbond substituents is 2. The van der Waals surface area contributed by atoms with Crippen LogP contribution in [-0.2, 0) is 6.42 Å². The minimum atomic E-state index is -0.603. The second kappa shape index (κ2) is 7.51. The molecule has 1 aromatic carbocycles. The zero-order valence-corrected chi connectivity index (χ0v) is 14.2. The molecule has 0 fully saturated rings. The molecule has 12 nitrogen and oxygen atoms in total. The van der Waals surface area contributed by atoms with E-state index in [-0.39, 0.29) is 28.8 Å². The van der Waals surface area contributed by atoms with Crippen molar-refractivity contribution < 1.29 is 19.6 Å². The van der Waals surface area contributed by atoms with Crippen LogP contribution < -0.4 is 11.2 Å². The molecule has 12 heteroatoms. The Kier molecular flexibility index (Phi) is 4.97. The highest BCUT2D eigenvalue weighted by atomic mass is 16.6. The van der Waals surface area contributed by atoms with Crippen LogP contribution in [0.2, 0.25) is 0 Å². The third kappa shape index (κ3) is 3.68. The first kappa shape index (κ1) is 17.8. The zero-order valence-electron chi connectivity index (χ0n) is 14.2. The predicted molar refractivity (Wildman–Crippen MR) is 92.5 cm³/mol. The molecular weight excluding hydrogens is 356 g/mol. The molecule has 0 aliphatic heterocycles. The molecule has 0 atom stereocenters. The summed E-state index contributed by atoms with van der Waals surface area (Å²) in [4.78, 5) is 12.4. The first-order valence-electron chi connectivity index (χ1n) is 7.89. The number of hydrogen-bond acceptors (Lipinski definition) is 10. The number of hydrogen-bond donors (Lipinski definition) is 4. The van der Waals surface area contributed by atoms with Crippen molar-refractivity contribution in [2.45, 2.75) is 19.8 Å². The van der Waals surface area contributed by atoms with Crippen LogP contribution in [0.5, 0.6) is 11.5 Å². The van der Waals surface area contributed by atoms with Gasteiger partial charge in [0.15, 0.2) is 5.69 Å². The Bertz CT molecular complexity index is 994. The first-order chi connectivity index (χ1) is 13.0. The maximum absolute atomic E-state index is 12.4. The normalized spacial score (nSPS) is 11.1.